The summed E-state index contributed by atoms with van der Waals surface area (Å²) in [7, 11) is 0. The lowest BCUT2D eigenvalue weighted by molar-refractivity contribution is -0.130. The Hall–Kier alpha value is -4.11. The Bertz CT molecular complexity index is 1310. The number of urea groups is 1. The first-order chi connectivity index (χ1) is 16.9. The van der Waals surface area contributed by atoms with Crippen LogP contribution in [0.5, 0.6) is 11.5 Å². The minimum Gasteiger partial charge on any atom is -0.490 e. The van der Waals surface area contributed by atoms with Crippen molar-refractivity contribution in [1.29, 1.82) is 0 Å². The molecular formula is C25H20ClFN2O6. The first-order valence-electron chi connectivity index (χ1n) is 10.6. The predicted molar refractivity (Wildman–Crippen MR) is 124 cm³/mol. The lowest BCUT2D eigenvalue weighted by Gasteiger charge is -2.25. The summed E-state index contributed by atoms with van der Waals surface area (Å²) in [6, 6.07) is 11.4. The van der Waals surface area contributed by atoms with Crippen LogP contribution in [-0.2, 0) is 22.7 Å². The van der Waals surface area contributed by atoms with Crippen LogP contribution < -0.4 is 14.8 Å². The van der Waals surface area contributed by atoms with E-state index in [0.717, 1.165) is 4.90 Å². The second-order valence-electron chi connectivity index (χ2n) is 7.47. The summed E-state index contributed by atoms with van der Waals surface area (Å²) in [5, 5.41) is 2.31. The first kappa shape index (κ1) is 24.0. The molecule has 180 valence electrons. The normalized spacial score (nSPS) is 14.9. The second kappa shape index (κ2) is 10.4. The maximum absolute atomic E-state index is 13.5. The van der Waals surface area contributed by atoms with Crippen molar-refractivity contribution >= 4 is 35.5 Å². The number of nitrogens with one attached hydrogen (secondary N) is 1. The molecule has 1 aliphatic heterocycles. The molecular weight excluding hydrogens is 479 g/mol. The number of barbiturate groups is 1. The molecule has 4 amide bonds. The fourth-order valence-corrected chi connectivity index (χ4v) is 3.69. The Morgan fingerprint density at radius 1 is 1.11 bits per heavy atom. The van der Waals surface area contributed by atoms with Crippen molar-refractivity contribution in [3.8, 4) is 11.5 Å². The molecule has 2 aromatic carbocycles. The van der Waals surface area contributed by atoms with Crippen molar-refractivity contribution in [1.82, 2.24) is 10.2 Å². The van der Waals surface area contributed by atoms with Gasteiger partial charge in [-0.25, -0.2) is 9.18 Å². The van der Waals surface area contributed by atoms with Gasteiger partial charge in [-0.2, -0.15) is 0 Å². The van der Waals surface area contributed by atoms with E-state index >= 15 is 0 Å². The zero-order chi connectivity index (χ0) is 24.9. The van der Waals surface area contributed by atoms with Crippen LogP contribution in [-0.4, -0.2) is 29.4 Å². The van der Waals surface area contributed by atoms with E-state index in [2.05, 4.69) is 5.32 Å². The number of amides is 4. The standard InChI is InChI=1S/C25H20ClFN2O6/c1-2-33-21-12-16(11-20(26)22(21)35-14-15-5-3-6-17(27)9-15)10-19-23(30)28-25(32)29(24(19)31)13-18-7-4-8-34-18/h3-12H,2,13-14H2,1H3,(H,28,30,32). The summed E-state index contributed by atoms with van der Waals surface area (Å²) < 4.78 is 30.1. The van der Waals surface area contributed by atoms with Gasteiger partial charge in [-0.15, -0.1) is 0 Å². The van der Waals surface area contributed by atoms with E-state index in [1.54, 1.807) is 37.3 Å². The number of furan rings is 1. The highest BCUT2D eigenvalue weighted by Gasteiger charge is 2.36. The molecule has 1 N–H and O–H groups in total. The molecule has 0 bridgehead atoms. The highest BCUT2D eigenvalue weighted by molar-refractivity contribution is 6.33. The molecule has 3 aromatic rings. The molecule has 1 saturated heterocycles. The summed E-state index contributed by atoms with van der Waals surface area (Å²) in [6.07, 6.45) is 2.72. The summed E-state index contributed by atoms with van der Waals surface area (Å²) in [4.78, 5) is 38.4. The van der Waals surface area contributed by atoms with Crippen LogP contribution in [0.15, 0.2) is 64.8 Å². The lowest BCUT2D eigenvalue weighted by Crippen LogP contribution is -2.53. The van der Waals surface area contributed by atoms with Gasteiger partial charge in [0.2, 0.25) is 0 Å². The quantitative estimate of drug-likeness (QED) is 0.357. The number of carbonyl (C=O) groups is 3. The predicted octanol–water partition coefficient (Wildman–Crippen LogP) is 4.71. The number of carbonyl (C=O) groups excluding carboxylic acids is 3. The zero-order valence-corrected chi connectivity index (χ0v) is 19.3. The number of imide groups is 2. The average Bonchev–Trinajstić information content (AvgIpc) is 3.32. The van der Waals surface area contributed by atoms with Crippen molar-refractivity contribution in [2.75, 3.05) is 6.61 Å². The van der Waals surface area contributed by atoms with Gasteiger partial charge in [0.15, 0.2) is 11.5 Å². The third kappa shape index (κ3) is 5.52. The average molecular weight is 499 g/mol. The molecule has 0 unspecified atom stereocenters. The van der Waals surface area contributed by atoms with Crippen LogP contribution >= 0.6 is 11.6 Å². The summed E-state index contributed by atoms with van der Waals surface area (Å²) >= 11 is 6.43. The van der Waals surface area contributed by atoms with Crippen LogP contribution in [0.2, 0.25) is 5.02 Å². The molecule has 0 aliphatic carbocycles. The zero-order valence-electron chi connectivity index (χ0n) is 18.5. The van der Waals surface area contributed by atoms with E-state index in [0.29, 0.717) is 16.9 Å². The molecule has 2 heterocycles. The lowest BCUT2D eigenvalue weighted by atomic mass is 10.1. The second-order valence-corrected chi connectivity index (χ2v) is 7.88. The highest BCUT2D eigenvalue weighted by atomic mass is 35.5. The molecule has 4 rings (SSSR count). The van der Waals surface area contributed by atoms with E-state index in [1.807, 2.05) is 0 Å². The first-order valence-corrected chi connectivity index (χ1v) is 11.0. The number of benzene rings is 2. The van der Waals surface area contributed by atoms with Crippen molar-refractivity contribution < 1.29 is 32.7 Å². The molecule has 8 nitrogen and oxygen atoms in total. The van der Waals surface area contributed by atoms with Gasteiger partial charge in [-0.1, -0.05) is 23.7 Å². The Morgan fingerprint density at radius 3 is 2.66 bits per heavy atom. The van der Waals surface area contributed by atoms with Gasteiger partial charge in [0.1, 0.15) is 23.8 Å². The van der Waals surface area contributed by atoms with E-state index in [-0.39, 0.29) is 47.7 Å². The Balaban J connectivity index is 1.61. The molecule has 0 atom stereocenters. The fourth-order valence-electron chi connectivity index (χ4n) is 3.42. The van der Waals surface area contributed by atoms with Crippen molar-refractivity contribution in [3.05, 3.63) is 88.1 Å². The van der Waals surface area contributed by atoms with Gasteiger partial charge in [-0.05, 0) is 60.5 Å². The largest absolute Gasteiger partial charge is 0.490 e. The Morgan fingerprint density at radius 2 is 1.94 bits per heavy atom. The molecule has 0 saturated carbocycles. The number of hydrogen-bond donors (Lipinski definition) is 1. The number of rotatable bonds is 8. The van der Waals surface area contributed by atoms with Gasteiger partial charge in [0.05, 0.1) is 24.4 Å². The third-order valence-electron chi connectivity index (χ3n) is 4.99. The van der Waals surface area contributed by atoms with E-state index in [4.69, 9.17) is 25.5 Å². The molecule has 0 radical (unpaired) electrons. The Labute approximate surface area is 204 Å². The molecule has 1 aromatic heterocycles. The fraction of sp³-hybridized carbons (Fsp3) is 0.160. The van der Waals surface area contributed by atoms with Crippen LogP contribution in [0, 0.1) is 5.82 Å². The van der Waals surface area contributed by atoms with Crippen LogP contribution in [0.25, 0.3) is 6.08 Å². The number of hydrogen-bond acceptors (Lipinski definition) is 6. The molecule has 1 fully saturated rings. The van der Waals surface area contributed by atoms with E-state index in [9.17, 15) is 18.8 Å². The molecule has 35 heavy (non-hydrogen) atoms. The number of nitrogens with zero attached hydrogens (tertiary/aromatic N) is 1. The van der Waals surface area contributed by atoms with Gasteiger partial charge in [-0.3, -0.25) is 19.8 Å². The molecule has 10 heteroatoms. The van der Waals surface area contributed by atoms with Crippen LogP contribution in [0.1, 0.15) is 23.8 Å². The highest BCUT2D eigenvalue weighted by Crippen LogP contribution is 2.38. The molecule has 1 aliphatic rings. The minimum absolute atomic E-state index is 0.0444. The van der Waals surface area contributed by atoms with Crippen LogP contribution in [0.4, 0.5) is 9.18 Å². The SMILES string of the molecule is CCOc1cc(C=C2C(=O)NC(=O)N(Cc3ccco3)C2=O)cc(Cl)c1OCc1cccc(F)c1. The van der Waals surface area contributed by atoms with Crippen molar-refractivity contribution in [3.63, 3.8) is 0 Å². The summed E-state index contributed by atoms with van der Waals surface area (Å²) in [5.74, 6) is -1.13. The monoisotopic (exact) mass is 498 g/mol. The maximum Gasteiger partial charge on any atom is 0.331 e. The Kier molecular flexibility index (Phi) is 7.17. The smallest absolute Gasteiger partial charge is 0.331 e. The van der Waals surface area contributed by atoms with Gasteiger partial charge < -0.3 is 13.9 Å². The summed E-state index contributed by atoms with van der Waals surface area (Å²) in [5.41, 5.74) is 0.714. The maximum atomic E-state index is 13.5. The van der Waals surface area contributed by atoms with Gasteiger partial charge in [0.25, 0.3) is 11.8 Å². The van der Waals surface area contributed by atoms with Crippen LogP contribution in [0.3, 0.4) is 0 Å². The van der Waals surface area contributed by atoms with E-state index in [1.165, 1.54) is 30.5 Å². The van der Waals surface area contributed by atoms with Crippen molar-refractivity contribution in [2.24, 2.45) is 0 Å². The third-order valence-corrected chi connectivity index (χ3v) is 5.28. The number of ether oxygens (including phenoxy) is 2. The van der Waals surface area contributed by atoms with Crippen molar-refractivity contribution in [2.45, 2.75) is 20.1 Å². The van der Waals surface area contributed by atoms with Gasteiger partial charge in [0, 0.05) is 0 Å². The van der Waals surface area contributed by atoms with E-state index < -0.39 is 17.8 Å². The minimum atomic E-state index is -0.845. The summed E-state index contributed by atoms with van der Waals surface area (Å²) in [6.45, 7) is 1.96. The van der Waals surface area contributed by atoms with Gasteiger partial charge >= 0.3 is 6.03 Å². The topological polar surface area (TPSA) is 98.1 Å². The molecule has 0 spiro atoms. The number of halogens is 2.